The Kier molecular flexibility index (Phi) is 3.83. The van der Waals surface area contributed by atoms with Crippen LogP contribution in [-0.4, -0.2) is 39.9 Å². The van der Waals surface area contributed by atoms with E-state index >= 15 is 0 Å². The fraction of sp³-hybridized carbons (Fsp3) is 0.786. The molecule has 106 valence electrons. The van der Waals surface area contributed by atoms with Crippen molar-refractivity contribution in [1.82, 2.24) is 20.0 Å². The van der Waals surface area contributed by atoms with E-state index in [-0.39, 0.29) is 0 Å². The second-order valence-electron chi connectivity index (χ2n) is 5.91. The summed E-state index contributed by atoms with van der Waals surface area (Å²) in [6, 6.07) is 1.45. The topological polar surface area (TPSA) is 33.1 Å². The fourth-order valence-electron chi connectivity index (χ4n) is 3.53. The normalized spacial score (nSPS) is 27.7. The second-order valence-corrected chi connectivity index (χ2v) is 6.27. The molecule has 0 saturated carbocycles. The SMILES string of the molecule is Cc1nn(C)c(Cl)c1CNC1CCN2CCCC2C1. The molecule has 2 atom stereocenters. The predicted octanol–water partition coefficient (Wildman–Crippen LogP) is 2.10. The number of fused-ring (bicyclic) bond motifs is 1. The molecule has 5 heteroatoms. The number of halogens is 1. The Labute approximate surface area is 120 Å². The van der Waals surface area contributed by atoms with E-state index < -0.39 is 0 Å². The van der Waals surface area contributed by atoms with Gasteiger partial charge in [-0.2, -0.15) is 5.10 Å². The molecule has 0 spiro atoms. The van der Waals surface area contributed by atoms with Gasteiger partial charge >= 0.3 is 0 Å². The van der Waals surface area contributed by atoms with Crippen LogP contribution in [0.1, 0.15) is 36.9 Å². The molecule has 2 aliphatic heterocycles. The maximum Gasteiger partial charge on any atom is 0.131 e. The molecule has 1 aromatic rings. The van der Waals surface area contributed by atoms with Crippen LogP contribution in [0.4, 0.5) is 0 Å². The van der Waals surface area contributed by atoms with Crippen molar-refractivity contribution in [3.05, 3.63) is 16.4 Å². The first-order valence-corrected chi connectivity index (χ1v) is 7.68. The molecular formula is C14H23ClN4. The van der Waals surface area contributed by atoms with Crippen molar-refractivity contribution < 1.29 is 0 Å². The molecule has 2 fully saturated rings. The van der Waals surface area contributed by atoms with Gasteiger partial charge in [-0.05, 0) is 45.7 Å². The Bertz CT molecular complexity index is 457. The highest BCUT2D eigenvalue weighted by atomic mass is 35.5. The zero-order valence-electron chi connectivity index (χ0n) is 11.8. The van der Waals surface area contributed by atoms with Crippen molar-refractivity contribution in [3.63, 3.8) is 0 Å². The minimum Gasteiger partial charge on any atom is -0.310 e. The number of nitrogens with one attached hydrogen (secondary N) is 1. The van der Waals surface area contributed by atoms with Gasteiger partial charge in [-0.1, -0.05) is 11.6 Å². The molecular weight excluding hydrogens is 260 g/mol. The number of piperidine rings is 1. The molecule has 2 aliphatic rings. The van der Waals surface area contributed by atoms with E-state index in [0.717, 1.165) is 29.0 Å². The van der Waals surface area contributed by atoms with E-state index in [1.807, 2.05) is 14.0 Å². The van der Waals surface area contributed by atoms with Gasteiger partial charge in [0.2, 0.25) is 0 Å². The lowest BCUT2D eigenvalue weighted by atomic mass is 9.97. The van der Waals surface area contributed by atoms with Crippen LogP contribution in [0.5, 0.6) is 0 Å². The van der Waals surface area contributed by atoms with Gasteiger partial charge in [0.25, 0.3) is 0 Å². The van der Waals surface area contributed by atoms with Gasteiger partial charge in [-0.15, -0.1) is 0 Å². The number of hydrogen-bond donors (Lipinski definition) is 1. The molecule has 0 radical (unpaired) electrons. The first kappa shape index (κ1) is 13.4. The fourth-order valence-corrected chi connectivity index (χ4v) is 3.77. The summed E-state index contributed by atoms with van der Waals surface area (Å²) < 4.78 is 1.76. The van der Waals surface area contributed by atoms with E-state index in [9.17, 15) is 0 Å². The summed E-state index contributed by atoms with van der Waals surface area (Å²) in [5, 5.41) is 8.81. The van der Waals surface area contributed by atoms with Gasteiger partial charge in [0.05, 0.1) is 5.69 Å². The van der Waals surface area contributed by atoms with Gasteiger partial charge < -0.3 is 10.2 Å². The quantitative estimate of drug-likeness (QED) is 0.922. The third kappa shape index (κ3) is 2.67. The third-order valence-electron chi connectivity index (χ3n) is 4.66. The van der Waals surface area contributed by atoms with Crippen molar-refractivity contribution >= 4 is 11.6 Å². The monoisotopic (exact) mass is 282 g/mol. The molecule has 3 rings (SSSR count). The highest BCUT2D eigenvalue weighted by Crippen LogP contribution is 2.27. The van der Waals surface area contributed by atoms with Gasteiger partial charge in [0.15, 0.2) is 0 Å². The molecule has 0 bridgehead atoms. The summed E-state index contributed by atoms with van der Waals surface area (Å²) in [6.45, 7) is 5.44. The summed E-state index contributed by atoms with van der Waals surface area (Å²) >= 11 is 6.27. The average molecular weight is 283 g/mol. The maximum atomic E-state index is 6.27. The van der Waals surface area contributed by atoms with Crippen molar-refractivity contribution in [2.75, 3.05) is 13.1 Å². The number of hydrogen-bond acceptors (Lipinski definition) is 3. The third-order valence-corrected chi connectivity index (χ3v) is 5.13. The zero-order valence-corrected chi connectivity index (χ0v) is 12.6. The largest absolute Gasteiger partial charge is 0.310 e. The molecule has 1 N–H and O–H groups in total. The van der Waals surface area contributed by atoms with Crippen LogP contribution < -0.4 is 5.32 Å². The molecule has 2 unspecified atom stereocenters. The Morgan fingerprint density at radius 3 is 2.95 bits per heavy atom. The Balaban J connectivity index is 1.57. The van der Waals surface area contributed by atoms with Crippen molar-refractivity contribution in [3.8, 4) is 0 Å². The lowest BCUT2D eigenvalue weighted by molar-refractivity contribution is 0.166. The lowest BCUT2D eigenvalue weighted by Gasteiger charge is -2.35. The van der Waals surface area contributed by atoms with Crippen LogP contribution in [0.3, 0.4) is 0 Å². The number of nitrogens with zero attached hydrogens (tertiary/aromatic N) is 3. The Hall–Kier alpha value is -0.580. The molecule has 2 saturated heterocycles. The van der Waals surface area contributed by atoms with Gasteiger partial charge in [0, 0.05) is 31.2 Å². The minimum atomic E-state index is 0.634. The lowest BCUT2D eigenvalue weighted by Crippen LogP contribution is -2.45. The van der Waals surface area contributed by atoms with E-state index in [1.165, 1.54) is 38.8 Å². The molecule has 3 heterocycles. The Morgan fingerprint density at radius 1 is 1.37 bits per heavy atom. The number of aromatic nitrogens is 2. The summed E-state index contributed by atoms with van der Waals surface area (Å²) in [6.07, 6.45) is 5.31. The van der Waals surface area contributed by atoms with E-state index in [0.29, 0.717) is 6.04 Å². The summed E-state index contributed by atoms with van der Waals surface area (Å²) in [5.74, 6) is 0. The molecule has 4 nitrogen and oxygen atoms in total. The molecule has 0 aromatic carbocycles. The summed E-state index contributed by atoms with van der Waals surface area (Å²) in [7, 11) is 1.90. The summed E-state index contributed by atoms with van der Waals surface area (Å²) in [4.78, 5) is 2.65. The first-order chi connectivity index (χ1) is 9.15. The van der Waals surface area contributed by atoms with Crippen LogP contribution in [0.2, 0.25) is 5.15 Å². The van der Waals surface area contributed by atoms with E-state index in [2.05, 4.69) is 15.3 Å². The van der Waals surface area contributed by atoms with Crippen LogP contribution in [0, 0.1) is 6.92 Å². The van der Waals surface area contributed by atoms with E-state index in [1.54, 1.807) is 4.68 Å². The minimum absolute atomic E-state index is 0.634. The molecule has 19 heavy (non-hydrogen) atoms. The maximum absolute atomic E-state index is 6.27. The highest BCUT2D eigenvalue weighted by Gasteiger charge is 2.31. The van der Waals surface area contributed by atoms with Crippen molar-refractivity contribution in [2.24, 2.45) is 7.05 Å². The summed E-state index contributed by atoms with van der Waals surface area (Å²) in [5.41, 5.74) is 2.19. The van der Waals surface area contributed by atoms with Gasteiger partial charge in [0.1, 0.15) is 5.15 Å². The molecule has 0 amide bonds. The molecule has 1 aromatic heterocycles. The van der Waals surface area contributed by atoms with Crippen LogP contribution in [0.15, 0.2) is 0 Å². The van der Waals surface area contributed by atoms with Crippen LogP contribution >= 0.6 is 11.6 Å². The van der Waals surface area contributed by atoms with E-state index in [4.69, 9.17) is 11.6 Å². The smallest absolute Gasteiger partial charge is 0.131 e. The average Bonchev–Trinajstić information content (AvgIpc) is 2.94. The highest BCUT2D eigenvalue weighted by molar-refractivity contribution is 6.30. The predicted molar refractivity (Wildman–Crippen MR) is 77.4 cm³/mol. The van der Waals surface area contributed by atoms with Gasteiger partial charge in [-0.25, -0.2) is 0 Å². The zero-order chi connectivity index (χ0) is 13.4. The van der Waals surface area contributed by atoms with Crippen LogP contribution in [-0.2, 0) is 13.6 Å². The second kappa shape index (κ2) is 5.43. The molecule has 0 aliphatic carbocycles. The first-order valence-electron chi connectivity index (χ1n) is 7.30. The van der Waals surface area contributed by atoms with Crippen LogP contribution in [0.25, 0.3) is 0 Å². The standard InChI is InChI=1S/C14H23ClN4/c1-10-13(14(15)18(2)17-10)9-16-11-5-7-19-6-3-4-12(19)8-11/h11-12,16H,3-9H2,1-2H3. The van der Waals surface area contributed by atoms with Crippen molar-refractivity contribution in [2.45, 2.75) is 51.2 Å². The van der Waals surface area contributed by atoms with Gasteiger partial charge in [-0.3, -0.25) is 4.68 Å². The number of rotatable bonds is 3. The number of aryl methyl sites for hydroxylation is 2. The van der Waals surface area contributed by atoms with Crippen molar-refractivity contribution in [1.29, 1.82) is 0 Å². The Morgan fingerprint density at radius 2 is 2.21 bits per heavy atom.